The third-order valence-electron chi connectivity index (χ3n) is 3.64. The molecule has 1 amide bonds. The average molecular weight is 375 g/mol. The maximum atomic E-state index is 12.2. The van der Waals surface area contributed by atoms with Gasteiger partial charge >= 0.3 is 5.69 Å². The van der Waals surface area contributed by atoms with Crippen LogP contribution >= 0.6 is 0 Å². The smallest absolute Gasteiger partial charge is 0.354 e. The summed E-state index contributed by atoms with van der Waals surface area (Å²) in [6, 6.07) is 5.25. The van der Waals surface area contributed by atoms with Crippen LogP contribution in [0.15, 0.2) is 30.6 Å². The molecule has 0 spiro atoms. The Balaban J connectivity index is 2.25. The van der Waals surface area contributed by atoms with Crippen LogP contribution in [0.1, 0.15) is 30.6 Å². The van der Waals surface area contributed by atoms with Gasteiger partial charge in [-0.15, -0.1) is 0 Å². The van der Waals surface area contributed by atoms with Gasteiger partial charge < -0.3 is 5.32 Å². The van der Waals surface area contributed by atoms with Crippen molar-refractivity contribution in [1.29, 1.82) is 0 Å². The highest BCUT2D eigenvalue weighted by atomic mass is 16.6. The fraction of sp³-hybridized carbons (Fsp3) is 0.267. The van der Waals surface area contributed by atoms with Crippen LogP contribution in [0.5, 0.6) is 0 Å². The van der Waals surface area contributed by atoms with E-state index in [4.69, 9.17) is 0 Å². The Bertz CT molecular complexity index is 873. The lowest BCUT2D eigenvalue weighted by Crippen LogP contribution is -2.31. The largest absolute Gasteiger partial charge is 0.362 e. The molecule has 2 aromatic rings. The molecule has 0 saturated heterocycles. The number of para-hydroxylation sites is 1. The van der Waals surface area contributed by atoms with E-state index < -0.39 is 27.1 Å². The molecule has 2 rings (SSSR count). The van der Waals surface area contributed by atoms with E-state index in [1.807, 2.05) is 13.8 Å². The molecule has 0 saturated carbocycles. The molecule has 12 heteroatoms. The van der Waals surface area contributed by atoms with Crippen LogP contribution in [0.25, 0.3) is 0 Å². The minimum Gasteiger partial charge on any atom is -0.362 e. The van der Waals surface area contributed by atoms with Gasteiger partial charge in [0.25, 0.3) is 11.6 Å². The summed E-state index contributed by atoms with van der Waals surface area (Å²) >= 11 is 0. The predicted octanol–water partition coefficient (Wildman–Crippen LogP) is 2.26. The van der Waals surface area contributed by atoms with Crippen molar-refractivity contribution in [3.8, 4) is 0 Å². The predicted molar refractivity (Wildman–Crippen MR) is 96.2 cm³/mol. The summed E-state index contributed by atoms with van der Waals surface area (Å²) in [7, 11) is 0. The van der Waals surface area contributed by atoms with E-state index in [0.29, 0.717) is 6.42 Å². The van der Waals surface area contributed by atoms with Gasteiger partial charge in [0.15, 0.2) is 0 Å². The number of rotatable bonds is 8. The molecular weight excluding hydrogens is 358 g/mol. The maximum Gasteiger partial charge on any atom is 0.354 e. The second-order valence-corrected chi connectivity index (χ2v) is 5.48. The molecule has 1 unspecified atom stereocenters. The van der Waals surface area contributed by atoms with E-state index in [9.17, 15) is 25.0 Å². The van der Waals surface area contributed by atoms with Crippen LogP contribution < -0.4 is 16.2 Å². The lowest BCUT2D eigenvalue weighted by molar-refractivity contribution is -0.385. The van der Waals surface area contributed by atoms with Crippen LogP contribution in [-0.4, -0.2) is 31.8 Å². The zero-order chi connectivity index (χ0) is 20.0. The van der Waals surface area contributed by atoms with Gasteiger partial charge in [0.05, 0.1) is 9.85 Å². The maximum absolute atomic E-state index is 12.2. The van der Waals surface area contributed by atoms with E-state index in [1.54, 1.807) is 0 Å². The molecular formula is C15H17N7O5. The Kier molecular flexibility index (Phi) is 6.14. The Labute approximate surface area is 153 Å². The Hall–Kier alpha value is -3.83. The summed E-state index contributed by atoms with van der Waals surface area (Å²) in [4.78, 5) is 40.9. The quantitative estimate of drug-likeness (QED) is 0.463. The highest BCUT2D eigenvalue weighted by Crippen LogP contribution is 2.29. The second kappa shape index (κ2) is 8.51. The molecule has 0 radical (unpaired) electrons. The lowest BCUT2D eigenvalue weighted by atomic mass is 10.2. The van der Waals surface area contributed by atoms with Crippen molar-refractivity contribution >= 4 is 28.9 Å². The van der Waals surface area contributed by atoms with Gasteiger partial charge in [-0.2, -0.15) is 0 Å². The Morgan fingerprint density at radius 2 is 1.81 bits per heavy atom. The molecule has 1 aromatic heterocycles. The highest BCUT2D eigenvalue weighted by Gasteiger charge is 2.25. The summed E-state index contributed by atoms with van der Waals surface area (Å²) in [5, 5.41) is 25.3. The van der Waals surface area contributed by atoms with E-state index >= 15 is 0 Å². The van der Waals surface area contributed by atoms with Crippen LogP contribution in [0.4, 0.5) is 23.0 Å². The molecule has 0 aliphatic carbocycles. The van der Waals surface area contributed by atoms with Crippen molar-refractivity contribution in [2.75, 3.05) is 10.7 Å². The van der Waals surface area contributed by atoms with Crippen LogP contribution in [-0.2, 0) is 0 Å². The van der Waals surface area contributed by atoms with Gasteiger partial charge in [-0.1, -0.05) is 19.1 Å². The summed E-state index contributed by atoms with van der Waals surface area (Å²) in [6.07, 6.45) is 1.80. The number of hydrogen-bond acceptors (Lipinski definition) is 9. The second-order valence-electron chi connectivity index (χ2n) is 5.48. The van der Waals surface area contributed by atoms with Crippen molar-refractivity contribution in [2.45, 2.75) is 26.3 Å². The van der Waals surface area contributed by atoms with Crippen molar-refractivity contribution in [2.24, 2.45) is 0 Å². The Morgan fingerprint density at radius 3 is 2.44 bits per heavy atom. The van der Waals surface area contributed by atoms with E-state index in [2.05, 4.69) is 26.1 Å². The molecule has 142 valence electrons. The highest BCUT2D eigenvalue weighted by molar-refractivity contribution is 5.98. The SMILES string of the molecule is CCC(C)Nc1ncnc(NNC(=O)c2ccccc2[N+](=O)[O-])c1[N+](=O)[O-]. The molecule has 0 bridgehead atoms. The molecule has 0 aliphatic heterocycles. The van der Waals surface area contributed by atoms with Gasteiger partial charge in [0.1, 0.15) is 11.9 Å². The number of nitrogens with one attached hydrogen (secondary N) is 3. The first kappa shape index (κ1) is 19.5. The third-order valence-corrected chi connectivity index (χ3v) is 3.64. The van der Waals surface area contributed by atoms with E-state index in [1.165, 1.54) is 24.3 Å². The molecule has 0 aliphatic rings. The zero-order valence-corrected chi connectivity index (χ0v) is 14.5. The normalized spacial score (nSPS) is 11.3. The minimum absolute atomic E-state index is 0.00760. The summed E-state index contributed by atoms with van der Waals surface area (Å²) < 4.78 is 0. The van der Waals surface area contributed by atoms with Crippen molar-refractivity contribution in [3.05, 3.63) is 56.4 Å². The van der Waals surface area contributed by atoms with E-state index in [-0.39, 0.29) is 23.2 Å². The van der Waals surface area contributed by atoms with Gasteiger partial charge in [0.2, 0.25) is 11.6 Å². The molecule has 1 aromatic carbocycles. The number of carbonyl (C=O) groups excluding carboxylic acids is 1. The fourth-order valence-electron chi connectivity index (χ4n) is 2.09. The summed E-state index contributed by atoms with van der Waals surface area (Å²) in [5.41, 5.74) is 3.46. The van der Waals surface area contributed by atoms with Gasteiger partial charge in [-0.3, -0.25) is 35.9 Å². The number of nitro groups is 2. The Morgan fingerprint density at radius 1 is 1.15 bits per heavy atom. The van der Waals surface area contributed by atoms with Gasteiger partial charge in [0, 0.05) is 12.1 Å². The number of benzene rings is 1. The number of nitrogens with zero attached hydrogens (tertiary/aromatic N) is 4. The minimum atomic E-state index is -0.841. The number of amides is 1. The van der Waals surface area contributed by atoms with Crippen LogP contribution in [0, 0.1) is 20.2 Å². The number of anilines is 2. The topological polar surface area (TPSA) is 165 Å². The van der Waals surface area contributed by atoms with Crippen molar-refractivity contribution < 1.29 is 14.6 Å². The molecule has 1 atom stereocenters. The number of carbonyl (C=O) groups is 1. The van der Waals surface area contributed by atoms with Crippen molar-refractivity contribution in [3.63, 3.8) is 0 Å². The van der Waals surface area contributed by atoms with Crippen LogP contribution in [0.2, 0.25) is 0 Å². The number of hydrogen-bond donors (Lipinski definition) is 3. The molecule has 3 N–H and O–H groups in total. The monoisotopic (exact) mass is 375 g/mol. The van der Waals surface area contributed by atoms with Crippen LogP contribution in [0.3, 0.4) is 0 Å². The van der Waals surface area contributed by atoms with Gasteiger partial charge in [-0.05, 0) is 19.4 Å². The first-order valence-electron chi connectivity index (χ1n) is 7.90. The molecule has 12 nitrogen and oxygen atoms in total. The van der Waals surface area contributed by atoms with E-state index in [0.717, 1.165) is 6.33 Å². The number of nitro benzene ring substituents is 1. The first-order valence-corrected chi connectivity index (χ1v) is 7.90. The molecule has 27 heavy (non-hydrogen) atoms. The zero-order valence-electron chi connectivity index (χ0n) is 14.5. The first-order chi connectivity index (χ1) is 12.8. The third kappa shape index (κ3) is 4.62. The lowest BCUT2D eigenvalue weighted by Gasteiger charge is -2.14. The fourth-order valence-corrected chi connectivity index (χ4v) is 2.09. The van der Waals surface area contributed by atoms with Crippen molar-refractivity contribution in [1.82, 2.24) is 15.4 Å². The standard InChI is InChI=1S/C15H17N7O5/c1-3-9(2)18-13-12(22(26)27)14(17-8-16-13)19-20-15(23)10-6-4-5-7-11(10)21(24)25/h4-9H,3H2,1-2H3,(H,20,23)(H2,16,17,18,19). The summed E-state index contributed by atoms with van der Waals surface area (Å²) in [6.45, 7) is 3.73. The number of aromatic nitrogens is 2. The molecule has 1 heterocycles. The molecule has 0 fully saturated rings. The van der Waals surface area contributed by atoms with Gasteiger partial charge in [-0.25, -0.2) is 9.97 Å². The number of hydrazine groups is 1. The average Bonchev–Trinajstić information content (AvgIpc) is 2.65. The summed E-state index contributed by atoms with van der Waals surface area (Å²) in [5.74, 6) is -1.11.